The first-order valence-electron chi connectivity index (χ1n) is 13.1. The molecular weight excluding hydrogens is 502 g/mol. The van der Waals surface area contributed by atoms with E-state index >= 15 is 0 Å². The van der Waals surface area contributed by atoms with Gasteiger partial charge in [0, 0.05) is 38.3 Å². The third-order valence-corrected chi connectivity index (χ3v) is 9.12. The van der Waals surface area contributed by atoms with Crippen LogP contribution in [0, 0.1) is 11.3 Å². The molecule has 1 saturated carbocycles. The van der Waals surface area contributed by atoms with E-state index in [-0.39, 0.29) is 35.1 Å². The number of amides is 3. The summed E-state index contributed by atoms with van der Waals surface area (Å²) in [7, 11) is 0. The molecule has 198 valence electrons. The Morgan fingerprint density at radius 1 is 1.11 bits per heavy atom. The molecule has 1 aromatic carbocycles. The molecule has 3 aliphatic rings. The third-order valence-electron chi connectivity index (χ3n) is 8.12. The number of carbonyl (C=O) groups excluding carboxylic acids is 3. The van der Waals surface area contributed by atoms with Crippen LogP contribution in [-0.4, -0.2) is 58.5 Å². The van der Waals surface area contributed by atoms with Crippen LogP contribution < -0.4 is 10.6 Å². The van der Waals surface area contributed by atoms with Gasteiger partial charge in [-0.1, -0.05) is 18.7 Å². The van der Waals surface area contributed by atoms with Gasteiger partial charge >= 0.3 is 0 Å². The number of nitrogens with one attached hydrogen (secondary N) is 2. The second-order valence-corrected chi connectivity index (χ2v) is 11.6. The van der Waals surface area contributed by atoms with Gasteiger partial charge in [-0.05, 0) is 67.9 Å². The summed E-state index contributed by atoms with van der Waals surface area (Å²) in [6, 6.07) is 11.6. The number of imidazole rings is 1. The average molecular weight is 534 g/mol. The van der Waals surface area contributed by atoms with Crippen molar-refractivity contribution >= 4 is 51.0 Å². The van der Waals surface area contributed by atoms with Gasteiger partial charge in [0.25, 0.3) is 5.91 Å². The van der Waals surface area contributed by atoms with E-state index in [2.05, 4.69) is 21.8 Å². The van der Waals surface area contributed by atoms with Crippen LogP contribution in [0.4, 0.5) is 10.9 Å². The number of benzene rings is 1. The van der Waals surface area contributed by atoms with Crippen molar-refractivity contribution in [2.45, 2.75) is 38.1 Å². The molecule has 1 spiro atoms. The van der Waals surface area contributed by atoms with Crippen LogP contribution in [-0.2, 0) is 14.3 Å². The lowest BCUT2D eigenvalue weighted by molar-refractivity contribution is -0.126. The van der Waals surface area contributed by atoms with E-state index in [1.54, 1.807) is 12.1 Å². The topological polar surface area (TPSA) is 106 Å². The van der Waals surface area contributed by atoms with Crippen molar-refractivity contribution in [3.63, 3.8) is 0 Å². The summed E-state index contributed by atoms with van der Waals surface area (Å²) in [5.74, 6) is 0.175. The molecule has 3 fully saturated rings. The first kappa shape index (κ1) is 24.8. The maximum absolute atomic E-state index is 13.2. The minimum Gasteiger partial charge on any atom is -0.381 e. The van der Waals surface area contributed by atoms with Gasteiger partial charge in [0.05, 0.1) is 20.9 Å². The van der Waals surface area contributed by atoms with Gasteiger partial charge in [-0.15, -0.1) is 11.3 Å². The molecule has 2 N–H and O–H groups in total. The number of hydrogen-bond donors (Lipinski definition) is 2. The number of fused-ring (bicyclic) bond motifs is 1. The van der Waals surface area contributed by atoms with Crippen LogP contribution >= 0.6 is 11.3 Å². The number of para-hydroxylation sites is 2. The molecule has 2 aromatic heterocycles. The Hall–Kier alpha value is -3.50. The van der Waals surface area contributed by atoms with Crippen LogP contribution in [0.5, 0.6) is 0 Å². The molecule has 2 aliphatic heterocycles. The minimum absolute atomic E-state index is 0.00868. The summed E-state index contributed by atoms with van der Waals surface area (Å²) in [5, 5.41) is 6.63. The highest BCUT2D eigenvalue weighted by Crippen LogP contribution is 2.55. The zero-order chi connectivity index (χ0) is 26.3. The normalized spacial score (nSPS) is 23.4. The summed E-state index contributed by atoms with van der Waals surface area (Å²) in [4.78, 5) is 45.0. The quantitative estimate of drug-likeness (QED) is 0.456. The first-order chi connectivity index (χ1) is 18.4. The fourth-order valence-corrected chi connectivity index (χ4v) is 6.89. The second kappa shape index (κ2) is 9.99. The van der Waals surface area contributed by atoms with Crippen molar-refractivity contribution in [2.24, 2.45) is 11.3 Å². The molecule has 0 radical (unpaired) electrons. The van der Waals surface area contributed by atoms with Crippen LogP contribution in [0.15, 0.2) is 49.1 Å². The van der Waals surface area contributed by atoms with Gasteiger partial charge in [-0.3, -0.25) is 19.7 Å². The molecule has 1 aliphatic carbocycles. The van der Waals surface area contributed by atoms with Crippen LogP contribution in [0.25, 0.3) is 11.0 Å². The Bertz CT molecular complexity index is 1400. The Morgan fingerprint density at radius 3 is 2.68 bits per heavy atom. The number of nitrogens with zero attached hydrogens (tertiary/aromatic N) is 3. The number of thiophene rings is 1. The van der Waals surface area contributed by atoms with Crippen molar-refractivity contribution in [2.75, 3.05) is 36.9 Å². The summed E-state index contributed by atoms with van der Waals surface area (Å²) in [6.45, 7) is 6.33. The van der Waals surface area contributed by atoms with E-state index in [0.29, 0.717) is 41.9 Å². The molecule has 4 heterocycles. The van der Waals surface area contributed by atoms with E-state index in [4.69, 9.17) is 9.72 Å². The number of likely N-dealkylation sites (tertiary alicyclic amines) is 1. The Morgan fingerprint density at radius 2 is 1.89 bits per heavy atom. The summed E-state index contributed by atoms with van der Waals surface area (Å²) >= 11 is 1.26. The molecule has 3 aromatic rings. The monoisotopic (exact) mass is 533 g/mol. The summed E-state index contributed by atoms with van der Waals surface area (Å²) < 4.78 is 7.48. The highest BCUT2D eigenvalue weighted by atomic mass is 32.1. The largest absolute Gasteiger partial charge is 0.381 e. The number of hydrogen-bond acceptors (Lipinski definition) is 6. The molecule has 0 unspecified atom stereocenters. The van der Waals surface area contributed by atoms with E-state index in [9.17, 15) is 14.4 Å². The fourth-order valence-electron chi connectivity index (χ4n) is 6.08. The number of carbonyl (C=O) groups is 3. The Balaban J connectivity index is 1.16. The smallest absolute Gasteiger partial charge is 0.268 e. The lowest BCUT2D eigenvalue weighted by Crippen LogP contribution is -2.42. The van der Waals surface area contributed by atoms with Crippen LogP contribution in [0.3, 0.4) is 0 Å². The van der Waals surface area contributed by atoms with Gasteiger partial charge in [0.15, 0.2) is 0 Å². The minimum atomic E-state index is -0.254. The predicted octanol–water partition coefficient (Wildman–Crippen LogP) is 4.45. The molecule has 0 bridgehead atoms. The van der Waals surface area contributed by atoms with Gasteiger partial charge < -0.3 is 19.5 Å². The molecule has 3 amide bonds. The molecule has 10 heteroatoms. The van der Waals surface area contributed by atoms with Crippen LogP contribution in [0.1, 0.15) is 47.8 Å². The van der Waals surface area contributed by atoms with Crippen molar-refractivity contribution in [1.29, 1.82) is 0 Å². The standard InChI is InChI=1S/C28H31N5O4S/c1-2-24(34)32-12-11-28(17-32)15-19(16-28)33-21-6-4-3-5-20(21)29-27(33)31-26(36)22-7-8-23(38-22)30-25(35)18-9-13-37-14-10-18/h2-8,18-19H,1,9-17H2,(H,30,35)(H,29,31,36). The third kappa shape index (κ3) is 4.63. The molecule has 38 heavy (non-hydrogen) atoms. The number of anilines is 2. The van der Waals surface area contributed by atoms with E-state index < -0.39 is 0 Å². The van der Waals surface area contributed by atoms with E-state index in [1.165, 1.54) is 17.4 Å². The van der Waals surface area contributed by atoms with Crippen molar-refractivity contribution in [3.05, 3.63) is 53.9 Å². The fraction of sp³-hybridized carbons (Fsp3) is 0.429. The number of aromatic nitrogens is 2. The predicted molar refractivity (Wildman–Crippen MR) is 146 cm³/mol. The first-order valence-corrected chi connectivity index (χ1v) is 13.9. The number of ether oxygens (including phenoxy) is 1. The SMILES string of the molecule is C=CC(=O)N1CCC2(CC(n3c(NC(=O)c4ccc(NC(=O)C5CCOCC5)s4)nc4ccccc43)C2)C1. The average Bonchev–Trinajstić information content (AvgIpc) is 3.65. The van der Waals surface area contributed by atoms with Crippen LogP contribution in [0.2, 0.25) is 0 Å². The van der Waals surface area contributed by atoms with Crippen molar-refractivity contribution in [3.8, 4) is 0 Å². The zero-order valence-electron chi connectivity index (χ0n) is 21.2. The lowest BCUT2D eigenvalue weighted by atomic mass is 9.65. The summed E-state index contributed by atoms with van der Waals surface area (Å²) in [6.07, 6.45) is 5.65. The van der Waals surface area contributed by atoms with E-state index in [1.807, 2.05) is 29.2 Å². The maximum Gasteiger partial charge on any atom is 0.268 e. The molecule has 6 rings (SSSR count). The van der Waals surface area contributed by atoms with E-state index in [0.717, 1.165) is 43.4 Å². The Kier molecular flexibility index (Phi) is 6.53. The van der Waals surface area contributed by atoms with Gasteiger partial charge in [0.2, 0.25) is 17.8 Å². The van der Waals surface area contributed by atoms with Gasteiger partial charge in [-0.25, -0.2) is 4.98 Å². The van der Waals surface area contributed by atoms with Crippen molar-refractivity contribution in [1.82, 2.24) is 14.5 Å². The highest BCUT2D eigenvalue weighted by Gasteiger charge is 2.50. The maximum atomic E-state index is 13.2. The lowest BCUT2D eigenvalue weighted by Gasteiger charge is -2.46. The molecular formula is C28H31N5O4S. The molecule has 9 nitrogen and oxygen atoms in total. The van der Waals surface area contributed by atoms with Crippen molar-refractivity contribution < 1.29 is 19.1 Å². The summed E-state index contributed by atoms with van der Waals surface area (Å²) in [5.41, 5.74) is 1.92. The van der Waals surface area contributed by atoms with Gasteiger partial charge in [-0.2, -0.15) is 0 Å². The zero-order valence-corrected chi connectivity index (χ0v) is 22.0. The second-order valence-electron chi connectivity index (χ2n) is 10.6. The Labute approximate surface area is 224 Å². The number of rotatable bonds is 6. The molecule has 0 atom stereocenters. The molecule has 2 saturated heterocycles. The van der Waals surface area contributed by atoms with Gasteiger partial charge in [0.1, 0.15) is 0 Å². The highest BCUT2D eigenvalue weighted by molar-refractivity contribution is 7.18.